The Balaban J connectivity index is 1.39. The molecule has 27 heavy (non-hydrogen) atoms. The zero-order chi connectivity index (χ0) is 18.9. The largest absolute Gasteiger partial charge is 0.381 e. The molecule has 2 fully saturated rings. The van der Waals surface area contributed by atoms with Crippen LogP contribution in [0.15, 0.2) is 0 Å². The second-order valence-corrected chi connectivity index (χ2v) is 10.1. The molecule has 150 valence electrons. The Labute approximate surface area is 162 Å². The molecule has 3 heterocycles. The summed E-state index contributed by atoms with van der Waals surface area (Å²) in [5.74, 6) is 1.79. The standard InChI is InChI=1S/C19H30N4O3S/c1-14-20-18-5-3-2-4-17(18)19(21-14)22-15-6-10-23(11-7-15)27(24,25)16-8-12-26-13-9-16/h15-16H,2-13H2,1H3,(H,20,21,22). The van der Waals surface area contributed by atoms with Crippen LogP contribution in [0.4, 0.5) is 5.82 Å². The number of rotatable bonds is 4. The molecule has 0 radical (unpaired) electrons. The van der Waals surface area contributed by atoms with Crippen molar-refractivity contribution >= 4 is 15.8 Å². The summed E-state index contributed by atoms with van der Waals surface area (Å²) in [5.41, 5.74) is 2.46. The summed E-state index contributed by atoms with van der Waals surface area (Å²) in [5, 5.41) is 3.34. The molecule has 1 N–H and O–H groups in total. The third kappa shape index (κ3) is 4.12. The van der Waals surface area contributed by atoms with Gasteiger partial charge in [-0.25, -0.2) is 22.7 Å². The highest BCUT2D eigenvalue weighted by atomic mass is 32.2. The second kappa shape index (κ2) is 8.01. The molecule has 1 aromatic rings. The lowest BCUT2D eigenvalue weighted by molar-refractivity contribution is 0.0969. The van der Waals surface area contributed by atoms with Crippen LogP contribution in [-0.4, -0.2) is 60.3 Å². The van der Waals surface area contributed by atoms with E-state index in [-0.39, 0.29) is 11.3 Å². The first kappa shape index (κ1) is 19.1. The fourth-order valence-electron chi connectivity index (χ4n) is 4.47. The van der Waals surface area contributed by atoms with Crippen molar-refractivity contribution in [2.75, 3.05) is 31.6 Å². The van der Waals surface area contributed by atoms with Crippen molar-refractivity contribution in [1.82, 2.24) is 14.3 Å². The Bertz CT molecular complexity index is 769. The summed E-state index contributed by atoms with van der Waals surface area (Å²) in [6.07, 6.45) is 7.34. The molecule has 0 bridgehead atoms. The lowest BCUT2D eigenvalue weighted by Gasteiger charge is -2.35. The van der Waals surface area contributed by atoms with E-state index in [4.69, 9.17) is 4.74 Å². The quantitative estimate of drug-likeness (QED) is 0.841. The van der Waals surface area contributed by atoms with Gasteiger partial charge in [0, 0.05) is 43.6 Å². The third-order valence-corrected chi connectivity index (χ3v) is 8.44. The van der Waals surface area contributed by atoms with Gasteiger partial charge in [-0.3, -0.25) is 0 Å². The van der Waals surface area contributed by atoms with Gasteiger partial charge in [-0.15, -0.1) is 0 Å². The van der Waals surface area contributed by atoms with Crippen molar-refractivity contribution in [1.29, 1.82) is 0 Å². The average Bonchev–Trinajstić information content (AvgIpc) is 2.69. The van der Waals surface area contributed by atoms with Crippen LogP contribution in [0, 0.1) is 6.92 Å². The van der Waals surface area contributed by atoms with Crippen molar-refractivity contribution in [3.05, 3.63) is 17.1 Å². The molecule has 0 spiro atoms. The fraction of sp³-hybridized carbons (Fsp3) is 0.789. The molecule has 0 atom stereocenters. The van der Waals surface area contributed by atoms with E-state index in [0.717, 1.165) is 37.3 Å². The van der Waals surface area contributed by atoms with Crippen LogP contribution in [0.3, 0.4) is 0 Å². The highest BCUT2D eigenvalue weighted by Crippen LogP contribution is 2.28. The number of hydrogen-bond acceptors (Lipinski definition) is 6. The maximum Gasteiger partial charge on any atom is 0.217 e. The zero-order valence-corrected chi connectivity index (χ0v) is 16.9. The molecule has 1 aliphatic carbocycles. The van der Waals surface area contributed by atoms with Gasteiger partial charge in [0.25, 0.3) is 0 Å². The van der Waals surface area contributed by atoms with Gasteiger partial charge >= 0.3 is 0 Å². The van der Waals surface area contributed by atoms with Gasteiger partial charge in [-0.05, 0) is 58.3 Å². The number of nitrogens with one attached hydrogen (secondary N) is 1. The fourth-order valence-corrected chi connectivity index (χ4v) is 6.40. The molecule has 2 saturated heterocycles. The number of ether oxygens (including phenoxy) is 1. The third-order valence-electron chi connectivity index (χ3n) is 6.04. The molecule has 1 aromatic heterocycles. The molecule has 0 amide bonds. The molecule has 0 unspecified atom stereocenters. The normalized spacial score (nSPS) is 23.1. The van der Waals surface area contributed by atoms with Gasteiger partial charge in [0.2, 0.25) is 10.0 Å². The van der Waals surface area contributed by atoms with E-state index < -0.39 is 10.0 Å². The number of nitrogens with zero attached hydrogens (tertiary/aromatic N) is 3. The van der Waals surface area contributed by atoms with E-state index in [2.05, 4.69) is 15.3 Å². The number of fused-ring (bicyclic) bond motifs is 1. The first-order chi connectivity index (χ1) is 13.0. The minimum absolute atomic E-state index is 0.270. The van der Waals surface area contributed by atoms with Crippen LogP contribution in [0.5, 0.6) is 0 Å². The Morgan fingerprint density at radius 3 is 2.48 bits per heavy atom. The first-order valence-electron chi connectivity index (χ1n) is 10.2. The van der Waals surface area contributed by atoms with Gasteiger partial charge in [0.15, 0.2) is 0 Å². The van der Waals surface area contributed by atoms with Crippen molar-refractivity contribution in [2.45, 2.75) is 69.6 Å². The summed E-state index contributed by atoms with van der Waals surface area (Å²) in [6, 6.07) is 0.270. The molecule has 0 aromatic carbocycles. The topological polar surface area (TPSA) is 84.4 Å². The minimum Gasteiger partial charge on any atom is -0.381 e. The second-order valence-electron chi connectivity index (χ2n) is 7.93. The number of anilines is 1. The number of aromatic nitrogens is 2. The summed E-state index contributed by atoms with van der Waals surface area (Å²) >= 11 is 0. The number of aryl methyl sites for hydroxylation is 2. The van der Waals surface area contributed by atoms with E-state index in [1.807, 2.05) is 6.92 Å². The van der Waals surface area contributed by atoms with Crippen molar-refractivity contribution in [3.63, 3.8) is 0 Å². The Morgan fingerprint density at radius 2 is 1.74 bits per heavy atom. The van der Waals surface area contributed by atoms with E-state index in [1.165, 1.54) is 24.1 Å². The summed E-state index contributed by atoms with van der Waals surface area (Å²) in [4.78, 5) is 9.27. The van der Waals surface area contributed by atoms with Crippen LogP contribution < -0.4 is 5.32 Å². The summed E-state index contributed by atoms with van der Waals surface area (Å²) < 4.78 is 32.8. The van der Waals surface area contributed by atoms with Crippen molar-refractivity contribution < 1.29 is 13.2 Å². The predicted octanol–water partition coefficient (Wildman–Crippen LogP) is 2.05. The zero-order valence-electron chi connectivity index (χ0n) is 16.1. The predicted molar refractivity (Wildman–Crippen MR) is 104 cm³/mol. The van der Waals surface area contributed by atoms with Gasteiger partial charge in [-0.2, -0.15) is 0 Å². The Kier molecular flexibility index (Phi) is 5.66. The lowest BCUT2D eigenvalue weighted by Crippen LogP contribution is -2.47. The van der Waals surface area contributed by atoms with Crippen LogP contribution in [0.25, 0.3) is 0 Å². The smallest absolute Gasteiger partial charge is 0.217 e. The van der Waals surface area contributed by atoms with Crippen LogP contribution >= 0.6 is 0 Å². The van der Waals surface area contributed by atoms with Gasteiger partial charge in [0.1, 0.15) is 11.6 Å². The van der Waals surface area contributed by atoms with Gasteiger partial charge in [-0.1, -0.05) is 0 Å². The van der Waals surface area contributed by atoms with Crippen LogP contribution in [0.2, 0.25) is 0 Å². The van der Waals surface area contributed by atoms with E-state index in [0.29, 0.717) is 39.1 Å². The summed E-state index contributed by atoms with van der Waals surface area (Å²) in [6.45, 7) is 4.23. The van der Waals surface area contributed by atoms with E-state index >= 15 is 0 Å². The molecular weight excluding hydrogens is 364 g/mol. The number of hydrogen-bond donors (Lipinski definition) is 1. The van der Waals surface area contributed by atoms with E-state index in [1.54, 1.807) is 4.31 Å². The minimum atomic E-state index is -3.20. The highest BCUT2D eigenvalue weighted by Gasteiger charge is 2.35. The Morgan fingerprint density at radius 1 is 1.04 bits per heavy atom. The van der Waals surface area contributed by atoms with Gasteiger partial charge < -0.3 is 10.1 Å². The molecular formula is C19H30N4O3S. The van der Waals surface area contributed by atoms with Crippen LogP contribution in [-0.2, 0) is 27.6 Å². The SMILES string of the molecule is Cc1nc2c(c(NC3CCN(S(=O)(=O)C4CCOCC4)CC3)n1)CCCC2. The number of piperidine rings is 1. The molecule has 3 aliphatic rings. The van der Waals surface area contributed by atoms with Gasteiger partial charge in [0.05, 0.1) is 5.25 Å². The lowest BCUT2D eigenvalue weighted by atomic mass is 9.96. The maximum atomic E-state index is 12.9. The van der Waals surface area contributed by atoms with E-state index in [9.17, 15) is 8.42 Å². The van der Waals surface area contributed by atoms with Crippen LogP contribution in [0.1, 0.15) is 55.6 Å². The molecule has 8 heteroatoms. The molecule has 2 aliphatic heterocycles. The first-order valence-corrected chi connectivity index (χ1v) is 11.7. The van der Waals surface area contributed by atoms with Crippen molar-refractivity contribution in [2.24, 2.45) is 0 Å². The monoisotopic (exact) mass is 394 g/mol. The van der Waals surface area contributed by atoms with Crippen molar-refractivity contribution in [3.8, 4) is 0 Å². The molecule has 0 saturated carbocycles. The summed E-state index contributed by atoms with van der Waals surface area (Å²) in [7, 11) is -3.20. The highest BCUT2D eigenvalue weighted by molar-refractivity contribution is 7.89. The molecule has 7 nitrogen and oxygen atoms in total. The number of sulfonamides is 1. The Hall–Kier alpha value is -1.25. The average molecular weight is 395 g/mol. The maximum absolute atomic E-state index is 12.9. The molecule has 4 rings (SSSR count).